The molecule has 106 valence electrons. The molecule has 0 bridgehead atoms. The van der Waals surface area contributed by atoms with Crippen molar-refractivity contribution in [1.82, 2.24) is 0 Å². The third-order valence-corrected chi connectivity index (χ3v) is 2.08. The Morgan fingerprint density at radius 3 is 2.63 bits per heavy atom. The Labute approximate surface area is 108 Å². The van der Waals surface area contributed by atoms with Crippen molar-refractivity contribution in [2.45, 2.75) is 19.0 Å². The van der Waals surface area contributed by atoms with E-state index >= 15 is 0 Å². The number of hydrogen-bond donors (Lipinski definition) is 1. The van der Waals surface area contributed by atoms with Crippen LogP contribution in [0.15, 0.2) is 24.3 Å². The lowest BCUT2D eigenvalue weighted by atomic mass is 10.3. The second-order valence-electron chi connectivity index (χ2n) is 3.76. The van der Waals surface area contributed by atoms with Crippen LogP contribution in [0.5, 0.6) is 5.75 Å². The maximum atomic E-state index is 11.8. The van der Waals surface area contributed by atoms with Crippen molar-refractivity contribution < 1.29 is 27.4 Å². The summed E-state index contributed by atoms with van der Waals surface area (Å²) in [5.74, 6) is -0.240. The fraction of sp³-hybridized carbons (Fsp3) is 0.417. The van der Waals surface area contributed by atoms with Crippen LogP contribution in [-0.2, 0) is 9.53 Å². The third-order valence-electron chi connectivity index (χ3n) is 2.08. The van der Waals surface area contributed by atoms with Gasteiger partial charge in [-0.2, -0.15) is 13.2 Å². The molecule has 0 aliphatic rings. The number of carbonyl (C=O) groups excluding carboxylic acids is 1. The van der Waals surface area contributed by atoms with E-state index in [1.807, 2.05) is 0 Å². The predicted octanol–water partition coefficient (Wildman–Crippen LogP) is 2.53. The van der Waals surface area contributed by atoms with Crippen LogP contribution in [0.3, 0.4) is 0 Å². The number of carbonyl (C=O) groups is 1. The number of esters is 1. The van der Waals surface area contributed by atoms with Gasteiger partial charge in [0.25, 0.3) is 0 Å². The van der Waals surface area contributed by atoms with Gasteiger partial charge in [-0.25, -0.2) is 0 Å². The van der Waals surface area contributed by atoms with Crippen LogP contribution < -0.4 is 10.5 Å². The highest BCUT2D eigenvalue weighted by molar-refractivity contribution is 5.69. The molecular formula is C12H14F3NO3. The number of hydrogen-bond acceptors (Lipinski definition) is 4. The Kier molecular flexibility index (Phi) is 5.47. The number of anilines is 1. The SMILES string of the molecule is Nc1cccc(OCCC(=O)OCCC(F)(F)F)c1. The van der Waals surface area contributed by atoms with Gasteiger partial charge in [-0.15, -0.1) is 0 Å². The van der Waals surface area contributed by atoms with E-state index in [0.29, 0.717) is 11.4 Å². The summed E-state index contributed by atoms with van der Waals surface area (Å²) in [7, 11) is 0. The van der Waals surface area contributed by atoms with E-state index in [0.717, 1.165) is 0 Å². The fourth-order valence-electron chi connectivity index (χ4n) is 1.21. The van der Waals surface area contributed by atoms with Gasteiger partial charge < -0.3 is 15.2 Å². The van der Waals surface area contributed by atoms with E-state index in [1.165, 1.54) is 0 Å². The van der Waals surface area contributed by atoms with Crippen molar-refractivity contribution in [2.75, 3.05) is 18.9 Å². The summed E-state index contributed by atoms with van der Waals surface area (Å²) in [5, 5.41) is 0. The molecule has 0 fully saturated rings. The second-order valence-corrected chi connectivity index (χ2v) is 3.76. The van der Waals surface area contributed by atoms with Gasteiger partial charge in [0.15, 0.2) is 0 Å². The number of nitrogen functional groups attached to an aromatic ring is 1. The van der Waals surface area contributed by atoms with E-state index in [1.54, 1.807) is 24.3 Å². The number of rotatable bonds is 6. The van der Waals surface area contributed by atoms with E-state index in [2.05, 4.69) is 4.74 Å². The van der Waals surface area contributed by atoms with Gasteiger partial charge in [0.2, 0.25) is 0 Å². The van der Waals surface area contributed by atoms with Gasteiger partial charge in [0, 0.05) is 11.8 Å². The number of ether oxygens (including phenoxy) is 2. The molecular weight excluding hydrogens is 263 g/mol. The van der Waals surface area contributed by atoms with Crippen LogP contribution in [-0.4, -0.2) is 25.4 Å². The Morgan fingerprint density at radius 1 is 1.26 bits per heavy atom. The maximum absolute atomic E-state index is 11.8. The van der Waals surface area contributed by atoms with Gasteiger partial charge >= 0.3 is 12.1 Å². The van der Waals surface area contributed by atoms with Crippen LogP contribution in [0.25, 0.3) is 0 Å². The minimum atomic E-state index is -4.32. The summed E-state index contributed by atoms with van der Waals surface area (Å²) in [6, 6.07) is 6.60. The van der Waals surface area contributed by atoms with Crippen LogP contribution in [0.4, 0.5) is 18.9 Å². The van der Waals surface area contributed by atoms with Crippen molar-refractivity contribution in [3.63, 3.8) is 0 Å². The lowest BCUT2D eigenvalue weighted by Crippen LogP contribution is -2.16. The first-order valence-corrected chi connectivity index (χ1v) is 5.57. The molecule has 1 rings (SSSR count). The normalized spacial score (nSPS) is 11.1. The van der Waals surface area contributed by atoms with Crippen LogP contribution >= 0.6 is 0 Å². The molecule has 7 heteroatoms. The van der Waals surface area contributed by atoms with Gasteiger partial charge in [-0.05, 0) is 12.1 Å². The average molecular weight is 277 g/mol. The quantitative estimate of drug-likeness (QED) is 0.641. The van der Waals surface area contributed by atoms with E-state index in [-0.39, 0.29) is 13.0 Å². The zero-order chi connectivity index (χ0) is 14.3. The molecule has 0 aliphatic carbocycles. The number of benzene rings is 1. The smallest absolute Gasteiger partial charge is 0.392 e. The number of nitrogens with two attached hydrogens (primary N) is 1. The second kappa shape index (κ2) is 6.86. The van der Waals surface area contributed by atoms with Gasteiger partial charge in [-0.3, -0.25) is 4.79 Å². The average Bonchev–Trinajstić information content (AvgIpc) is 2.27. The molecule has 0 saturated carbocycles. The molecule has 1 aromatic carbocycles. The summed E-state index contributed by atoms with van der Waals surface area (Å²) < 4.78 is 45.0. The van der Waals surface area contributed by atoms with Gasteiger partial charge in [-0.1, -0.05) is 6.07 Å². The molecule has 0 aliphatic heterocycles. The zero-order valence-electron chi connectivity index (χ0n) is 10.1. The van der Waals surface area contributed by atoms with Crippen molar-refractivity contribution >= 4 is 11.7 Å². The maximum Gasteiger partial charge on any atom is 0.392 e. The largest absolute Gasteiger partial charge is 0.493 e. The van der Waals surface area contributed by atoms with Crippen LogP contribution in [0.1, 0.15) is 12.8 Å². The molecule has 0 spiro atoms. The first kappa shape index (κ1) is 15.1. The number of halogens is 3. The molecule has 19 heavy (non-hydrogen) atoms. The van der Waals surface area contributed by atoms with Crippen molar-refractivity contribution in [3.8, 4) is 5.75 Å². The lowest BCUT2D eigenvalue weighted by molar-refractivity contribution is -0.159. The lowest BCUT2D eigenvalue weighted by Gasteiger charge is -2.08. The topological polar surface area (TPSA) is 61.5 Å². The fourth-order valence-corrected chi connectivity index (χ4v) is 1.21. The van der Waals surface area contributed by atoms with Gasteiger partial charge in [0.05, 0.1) is 26.1 Å². The molecule has 0 heterocycles. The monoisotopic (exact) mass is 277 g/mol. The van der Waals surface area contributed by atoms with E-state index in [4.69, 9.17) is 10.5 Å². The molecule has 2 N–H and O–H groups in total. The molecule has 0 unspecified atom stereocenters. The standard InChI is InChI=1S/C12H14F3NO3/c13-12(14,15)5-7-19-11(17)4-6-18-10-3-1-2-9(16)8-10/h1-3,8H,4-7,16H2. The Hall–Kier alpha value is -1.92. The summed E-state index contributed by atoms with van der Waals surface area (Å²) in [6.07, 6.45) is -5.58. The summed E-state index contributed by atoms with van der Waals surface area (Å²) in [6.45, 7) is -0.644. The summed E-state index contributed by atoms with van der Waals surface area (Å²) in [4.78, 5) is 11.1. The minimum absolute atomic E-state index is 0.0221. The van der Waals surface area contributed by atoms with Crippen molar-refractivity contribution in [1.29, 1.82) is 0 Å². The third kappa shape index (κ3) is 7.17. The van der Waals surface area contributed by atoms with Crippen LogP contribution in [0.2, 0.25) is 0 Å². The molecule has 0 saturated heterocycles. The molecule has 0 atom stereocenters. The molecule has 1 aromatic rings. The zero-order valence-corrected chi connectivity index (χ0v) is 10.1. The highest BCUT2D eigenvalue weighted by Gasteiger charge is 2.27. The molecule has 0 amide bonds. The Morgan fingerprint density at radius 2 is 2.00 bits per heavy atom. The minimum Gasteiger partial charge on any atom is -0.493 e. The first-order valence-electron chi connectivity index (χ1n) is 5.57. The number of alkyl halides is 3. The Balaban J connectivity index is 2.17. The molecule has 0 aromatic heterocycles. The predicted molar refractivity (Wildman–Crippen MR) is 62.6 cm³/mol. The Bertz CT molecular complexity index is 421. The highest BCUT2D eigenvalue weighted by Crippen LogP contribution is 2.19. The van der Waals surface area contributed by atoms with Crippen LogP contribution in [0, 0.1) is 0 Å². The van der Waals surface area contributed by atoms with E-state index in [9.17, 15) is 18.0 Å². The molecule has 4 nitrogen and oxygen atoms in total. The van der Waals surface area contributed by atoms with Gasteiger partial charge in [0.1, 0.15) is 5.75 Å². The first-order chi connectivity index (χ1) is 8.87. The van der Waals surface area contributed by atoms with Crippen molar-refractivity contribution in [2.24, 2.45) is 0 Å². The summed E-state index contributed by atoms with van der Waals surface area (Å²) in [5.41, 5.74) is 6.04. The van der Waals surface area contributed by atoms with E-state index < -0.39 is 25.2 Å². The highest BCUT2D eigenvalue weighted by atomic mass is 19.4. The summed E-state index contributed by atoms with van der Waals surface area (Å²) >= 11 is 0. The van der Waals surface area contributed by atoms with Crippen molar-refractivity contribution in [3.05, 3.63) is 24.3 Å². The molecule has 0 radical (unpaired) electrons.